The Morgan fingerprint density at radius 2 is 1.90 bits per heavy atom. The van der Waals surface area contributed by atoms with Crippen molar-refractivity contribution in [2.45, 2.75) is 6.92 Å². The molecule has 0 aliphatic carbocycles. The number of hydrogen-bond donors (Lipinski definition) is 0. The molecule has 100 valence electrons. The second-order valence-electron chi connectivity index (χ2n) is 4.44. The first-order chi connectivity index (χ1) is 9.52. The van der Waals surface area contributed by atoms with Crippen molar-refractivity contribution < 1.29 is 4.79 Å². The summed E-state index contributed by atoms with van der Waals surface area (Å²) in [7, 11) is 1.92. The Morgan fingerprint density at radius 1 is 1.20 bits per heavy atom. The molecule has 2 aromatic carbocycles. The molecule has 0 spiro atoms. The zero-order valence-electron chi connectivity index (χ0n) is 11.2. The highest BCUT2D eigenvalue weighted by Gasteiger charge is 2.09. The molecule has 0 heterocycles. The first kappa shape index (κ1) is 14.3. The normalized spacial score (nSPS) is 9.90. The van der Waals surface area contributed by atoms with Crippen molar-refractivity contribution in [1.29, 1.82) is 5.26 Å². The number of halogens is 1. The lowest BCUT2D eigenvalue weighted by atomic mass is 10.1. The fourth-order valence-electron chi connectivity index (χ4n) is 1.93. The lowest BCUT2D eigenvalue weighted by molar-refractivity contribution is 0.101. The van der Waals surface area contributed by atoms with Crippen LogP contribution < -0.4 is 4.90 Å². The number of nitrogens with zero attached hydrogens (tertiary/aromatic N) is 2. The van der Waals surface area contributed by atoms with Gasteiger partial charge >= 0.3 is 0 Å². The summed E-state index contributed by atoms with van der Waals surface area (Å²) in [5.74, 6) is 0.0255. The summed E-state index contributed by atoms with van der Waals surface area (Å²) in [4.78, 5) is 13.4. The Balaban J connectivity index is 2.38. The summed E-state index contributed by atoms with van der Waals surface area (Å²) in [5.41, 5.74) is 3.14. The highest BCUT2D eigenvalue weighted by molar-refractivity contribution is 9.10. The molecule has 4 heteroatoms. The number of ketones is 1. The minimum absolute atomic E-state index is 0.0255. The SMILES string of the molecule is CC(=O)c1ccc(N(C)c2cccc(C#N)c2)cc1Br. The van der Waals surface area contributed by atoms with Gasteiger partial charge in [0.15, 0.2) is 5.78 Å². The van der Waals surface area contributed by atoms with E-state index in [1.54, 1.807) is 19.1 Å². The summed E-state index contributed by atoms with van der Waals surface area (Å²) in [6.07, 6.45) is 0. The summed E-state index contributed by atoms with van der Waals surface area (Å²) < 4.78 is 0.769. The van der Waals surface area contributed by atoms with Crippen molar-refractivity contribution in [2.75, 3.05) is 11.9 Å². The first-order valence-corrected chi connectivity index (χ1v) is 6.86. The summed E-state index contributed by atoms with van der Waals surface area (Å²) in [5, 5.41) is 8.94. The maximum absolute atomic E-state index is 11.4. The largest absolute Gasteiger partial charge is 0.345 e. The van der Waals surface area contributed by atoms with E-state index in [1.165, 1.54) is 0 Å². The van der Waals surface area contributed by atoms with E-state index >= 15 is 0 Å². The van der Waals surface area contributed by atoms with E-state index in [2.05, 4.69) is 22.0 Å². The number of carbonyl (C=O) groups excluding carboxylic acids is 1. The van der Waals surface area contributed by atoms with Crippen LogP contribution >= 0.6 is 15.9 Å². The molecule has 0 amide bonds. The van der Waals surface area contributed by atoms with Crippen molar-refractivity contribution in [3.8, 4) is 6.07 Å². The molecule has 0 atom stereocenters. The van der Waals surface area contributed by atoms with Gasteiger partial charge < -0.3 is 4.90 Å². The average molecular weight is 329 g/mol. The van der Waals surface area contributed by atoms with Crippen LogP contribution in [0.3, 0.4) is 0 Å². The molecule has 3 nitrogen and oxygen atoms in total. The van der Waals surface area contributed by atoms with E-state index < -0.39 is 0 Å². The highest BCUT2D eigenvalue weighted by Crippen LogP contribution is 2.28. The predicted molar refractivity (Wildman–Crippen MR) is 83.4 cm³/mol. The maximum atomic E-state index is 11.4. The van der Waals surface area contributed by atoms with Gasteiger partial charge in [-0.3, -0.25) is 4.79 Å². The third-order valence-electron chi connectivity index (χ3n) is 3.08. The van der Waals surface area contributed by atoms with Gasteiger partial charge in [0.05, 0.1) is 11.6 Å². The van der Waals surface area contributed by atoms with Gasteiger partial charge in [0.25, 0.3) is 0 Å². The second kappa shape index (κ2) is 5.89. The quantitative estimate of drug-likeness (QED) is 0.789. The van der Waals surface area contributed by atoms with Crippen LogP contribution in [0, 0.1) is 11.3 Å². The van der Waals surface area contributed by atoms with Crippen LogP contribution in [0.2, 0.25) is 0 Å². The molecule has 0 bridgehead atoms. The molecule has 0 saturated heterocycles. The fraction of sp³-hybridized carbons (Fsp3) is 0.125. The van der Waals surface area contributed by atoms with Gasteiger partial charge in [-0.05, 0) is 59.3 Å². The number of nitriles is 1. The molecule has 0 saturated carbocycles. The zero-order chi connectivity index (χ0) is 14.7. The third kappa shape index (κ3) is 2.89. The van der Waals surface area contributed by atoms with Crippen LogP contribution in [0.15, 0.2) is 46.9 Å². The van der Waals surface area contributed by atoms with Crippen LogP contribution in [-0.4, -0.2) is 12.8 Å². The van der Waals surface area contributed by atoms with Crippen LogP contribution in [0.1, 0.15) is 22.8 Å². The van der Waals surface area contributed by atoms with Crippen LogP contribution in [-0.2, 0) is 0 Å². The molecule has 0 aromatic heterocycles. The van der Waals surface area contributed by atoms with Crippen molar-refractivity contribution in [1.82, 2.24) is 0 Å². The molecular formula is C16H13BrN2O. The van der Waals surface area contributed by atoms with E-state index in [4.69, 9.17) is 5.26 Å². The van der Waals surface area contributed by atoms with Crippen LogP contribution in [0.25, 0.3) is 0 Å². The summed E-state index contributed by atoms with van der Waals surface area (Å²) in [6.45, 7) is 1.54. The van der Waals surface area contributed by atoms with Gasteiger partial charge in [0.2, 0.25) is 0 Å². The van der Waals surface area contributed by atoms with E-state index in [-0.39, 0.29) is 5.78 Å². The molecule has 0 unspecified atom stereocenters. The molecule has 0 aliphatic rings. The van der Waals surface area contributed by atoms with Crippen molar-refractivity contribution >= 4 is 33.1 Å². The third-order valence-corrected chi connectivity index (χ3v) is 3.74. The summed E-state index contributed by atoms with van der Waals surface area (Å²) >= 11 is 3.42. The molecule has 0 fully saturated rings. The van der Waals surface area contributed by atoms with Crippen LogP contribution in [0.4, 0.5) is 11.4 Å². The first-order valence-electron chi connectivity index (χ1n) is 6.07. The molecule has 20 heavy (non-hydrogen) atoms. The lowest BCUT2D eigenvalue weighted by Gasteiger charge is -2.20. The number of hydrogen-bond acceptors (Lipinski definition) is 3. The highest BCUT2D eigenvalue weighted by atomic mass is 79.9. The number of benzene rings is 2. The minimum atomic E-state index is 0.0255. The second-order valence-corrected chi connectivity index (χ2v) is 5.30. The van der Waals surface area contributed by atoms with E-state index in [0.29, 0.717) is 11.1 Å². The van der Waals surface area contributed by atoms with Gasteiger partial charge in [-0.25, -0.2) is 0 Å². The summed E-state index contributed by atoms with van der Waals surface area (Å²) in [6, 6.07) is 15.1. The van der Waals surface area contributed by atoms with Gasteiger partial charge in [-0.2, -0.15) is 5.26 Å². The standard InChI is InChI=1S/C16H13BrN2O/c1-11(20)15-7-6-14(9-16(15)17)19(2)13-5-3-4-12(8-13)10-18/h3-9H,1-2H3. The van der Waals surface area contributed by atoms with E-state index in [1.807, 2.05) is 42.3 Å². The molecule has 0 aliphatic heterocycles. The number of rotatable bonds is 3. The van der Waals surface area contributed by atoms with Crippen molar-refractivity contribution in [3.05, 3.63) is 58.1 Å². The topological polar surface area (TPSA) is 44.1 Å². The fourth-order valence-corrected chi connectivity index (χ4v) is 2.58. The lowest BCUT2D eigenvalue weighted by Crippen LogP contribution is -2.10. The predicted octanol–water partition coefficient (Wildman–Crippen LogP) is 4.29. The smallest absolute Gasteiger partial charge is 0.160 e. The van der Waals surface area contributed by atoms with Gasteiger partial charge in [-0.1, -0.05) is 6.07 Å². The Labute approximate surface area is 126 Å². The Kier molecular flexibility index (Phi) is 4.21. The minimum Gasteiger partial charge on any atom is -0.345 e. The molecule has 2 rings (SSSR count). The molecular weight excluding hydrogens is 316 g/mol. The number of anilines is 2. The Bertz CT molecular complexity index is 704. The van der Waals surface area contributed by atoms with Crippen LogP contribution in [0.5, 0.6) is 0 Å². The van der Waals surface area contributed by atoms with E-state index in [0.717, 1.165) is 15.8 Å². The van der Waals surface area contributed by atoms with E-state index in [9.17, 15) is 4.79 Å². The van der Waals surface area contributed by atoms with Crippen molar-refractivity contribution in [2.24, 2.45) is 0 Å². The van der Waals surface area contributed by atoms with Gasteiger partial charge in [0, 0.05) is 28.5 Å². The number of Topliss-reactive ketones (excluding diaryl/α,β-unsaturated/α-hetero) is 1. The maximum Gasteiger partial charge on any atom is 0.160 e. The molecule has 2 aromatic rings. The van der Waals surface area contributed by atoms with Gasteiger partial charge in [-0.15, -0.1) is 0 Å². The monoisotopic (exact) mass is 328 g/mol. The van der Waals surface area contributed by atoms with Gasteiger partial charge in [0.1, 0.15) is 0 Å². The zero-order valence-corrected chi connectivity index (χ0v) is 12.8. The van der Waals surface area contributed by atoms with Crippen molar-refractivity contribution in [3.63, 3.8) is 0 Å². The Hall–Kier alpha value is -2.12. The number of carbonyl (C=O) groups is 1. The Morgan fingerprint density at radius 3 is 2.50 bits per heavy atom. The molecule has 0 radical (unpaired) electrons. The average Bonchev–Trinajstić information content (AvgIpc) is 2.46. The molecule has 0 N–H and O–H groups in total.